The summed E-state index contributed by atoms with van der Waals surface area (Å²) in [5, 5.41) is 0. The fraction of sp³-hybridized carbons (Fsp3) is 0.740. The van der Waals surface area contributed by atoms with E-state index < -0.39 is 6.10 Å². The van der Waals surface area contributed by atoms with Crippen LogP contribution in [0.3, 0.4) is 0 Å². The highest BCUT2D eigenvalue weighted by Gasteiger charge is 2.19. The van der Waals surface area contributed by atoms with E-state index in [0.29, 0.717) is 19.3 Å². The first-order chi connectivity index (χ1) is 27.5. The Bertz CT molecular complexity index is 1040. The number of allylic oxidation sites excluding steroid dienone is 10. The molecule has 0 bridgehead atoms. The van der Waals surface area contributed by atoms with Crippen molar-refractivity contribution in [3.63, 3.8) is 0 Å². The third-order valence-electron chi connectivity index (χ3n) is 9.76. The summed E-state index contributed by atoms with van der Waals surface area (Å²) in [6.07, 6.45) is 53.4. The minimum absolute atomic E-state index is 0.0896. The molecule has 0 aromatic heterocycles. The molecule has 0 unspecified atom stereocenters. The summed E-state index contributed by atoms with van der Waals surface area (Å²) in [5.74, 6) is -0.945. The van der Waals surface area contributed by atoms with Crippen molar-refractivity contribution in [2.45, 2.75) is 226 Å². The molecule has 0 rings (SSSR count). The van der Waals surface area contributed by atoms with Gasteiger partial charge in [-0.15, -0.1) is 0 Å². The molecule has 0 aliphatic rings. The van der Waals surface area contributed by atoms with Crippen molar-refractivity contribution in [1.82, 2.24) is 0 Å². The average Bonchev–Trinajstić information content (AvgIpc) is 3.19. The van der Waals surface area contributed by atoms with E-state index in [1.54, 1.807) is 0 Å². The zero-order valence-corrected chi connectivity index (χ0v) is 36.6. The van der Waals surface area contributed by atoms with Crippen LogP contribution in [0.2, 0.25) is 0 Å². The van der Waals surface area contributed by atoms with Gasteiger partial charge >= 0.3 is 17.9 Å². The van der Waals surface area contributed by atoms with Crippen LogP contribution >= 0.6 is 0 Å². The van der Waals surface area contributed by atoms with E-state index in [4.69, 9.17) is 14.2 Å². The normalized spacial score (nSPS) is 12.6. The lowest BCUT2D eigenvalue weighted by atomic mass is 10.1. The van der Waals surface area contributed by atoms with Crippen molar-refractivity contribution in [1.29, 1.82) is 0 Å². The predicted molar refractivity (Wildman–Crippen MR) is 238 cm³/mol. The monoisotopic (exact) mass is 783 g/mol. The largest absolute Gasteiger partial charge is 0.462 e. The lowest BCUT2D eigenvalue weighted by Crippen LogP contribution is -2.30. The van der Waals surface area contributed by atoms with Gasteiger partial charge in [0, 0.05) is 19.3 Å². The second kappa shape index (κ2) is 44.8. The molecule has 0 N–H and O–H groups in total. The van der Waals surface area contributed by atoms with E-state index in [9.17, 15) is 14.4 Å². The molecule has 0 aromatic carbocycles. The minimum atomic E-state index is -0.791. The van der Waals surface area contributed by atoms with E-state index in [-0.39, 0.29) is 31.1 Å². The van der Waals surface area contributed by atoms with Crippen LogP contribution in [0.4, 0.5) is 0 Å². The Balaban J connectivity index is 4.45. The fourth-order valence-corrected chi connectivity index (χ4v) is 6.25. The van der Waals surface area contributed by atoms with E-state index >= 15 is 0 Å². The van der Waals surface area contributed by atoms with Crippen molar-refractivity contribution in [3.8, 4) is 0 Å². The Morgan fingerprint density at radius 2 is 0.696 bits per heavy atom. The van der Waals surface area contributed by atoms with Gasteiger partial charge in [0.2, 0.25) is 0 Å². The molecule has 0 spiro atoms. The van der Waals surface area contributed by atoms with Gasteiger partial charge in [-0.3, -0.25) is 14.4 Å². The third kappa shape index (κ3) is 42.3. The van der Waals surface area contributed by atoms with Crippen molar-refractivity contribution in [2.75, 3.05) is 13.2 Å². The summed E-state index contributed by atoms with van der Waals surface area (Å²) < 4.78 is 16.7. The van der Waals surface area contributed by atoms with Crippen molar-refractivity contribution in [3.05, 3.63) is 60.8 Å². The standard InChI is InChI=1S/C50H86O6/c1-4-7-10-13-16-19-22-24-25-26-29-31-34-37-40-43-49(52)55-46-47(45-54-48(51)42-39-36-33-30-27-21-18-15-12-9-6-3)56-50(53)44-41-38-35-32-28-23-20-17-14-11-8-5-2/h7,10,16-17,19-20,24-25,29,31,47H,4-6,8-9,11-15,18,21-23,26-28,30,32-46H2,1-3H3/b10-7-,19-16-,20-17-,25-24-,31-29-/t47-/m1/s1. The van der Waals surface area contributed by atoms with E-state index in [0.717, 1.165) is 96.3 Å². The molecule has 0 heterocycles. The lowest BCUT2D eigenvalue weighted by Gasteiger charge is -2.18. The van der Waals surface area contributed by atoms with E-state index in [1.807, 2.05) is 0 Å². The lowest BCUT2D eigenvalue weighted by molar-refractivity contribution is -0.167. The molecular formula is C50H86O6. The molecule has 0 aliphatic heterocycles. The number of carbonyl (C=O) groups is 3. The smallest absolute Gasteiger partial charge is 0.306 e. The van der Waals surface area contributed by atoms with Crippen molar-refractivity contribution >= 4 is 17.9 Å². The van der Waals surface area contributed by atoms with E-state index in [2.05, 4.69) is 81.5 Å². The fourth-order valence-electron chi connectivity index (χ4n) is 6.25. The summed E-state index contributed by atoms with van der Waals surface area (Å²) >= 11 is 0. The molecule has 322 valence electrons. The molecule has 0 saturated carbocycles. The predicted octanol–water partition coefficient (Wildman–Crippen LogP) is 14.9. The van der Waals surface area contributed by atoms with Gasteiger partial charge < -0.3 is 14.2 Å². The number of unbranched alkanes of at least 4 members (excludes halogenated alkanes) is 20. The summed E-state index contributed by atoms with van der Waals surface area (Å²) in [6.45, 7) is 6.44. The van der Waals surface area contributed by atoms with Crippen LogP contribution in [0.5, 0.6) is 0 Å². The van der Waals surface area contributed by atoms with Crippen LogP contribution in [-0.2, 0) is 28.6 Å². The van der Waals surface area contributed by atoms with Gasteiger partial charge in [0.1, 0.15) is 13.2 Å². The Kier molecular flexibility index (Phi) is 42.5. The number of rotatable bonds is 41. The van der Waals surface area contributed by atoms with Crippen LogP contribution in [0.25, 0.3) is 0 Å². The maximum Gasteiger partial charge on any atom is 0.306 e. The van der Waals surface area contributed by atoms with Crippen LogP contribution in [0, 0.1) is 0 Å². The molecule has 6 nitrogen and oxygen atoms in total. The topological polar surface area (TPSA) is 78.9 Å². The minimum Gasteiger partial charge on any atom is -0.462 e. The molecule has 0 radical (unpaired) electrons. The first-order valence-corrected chi connectivity index (χ1v) is 23.3. The van der Waals surface area contributed by atoms with Crippen LogP contribution in [0.15, 0.2) is 60.8 Å². The highest BCUT2D eigenvalue weighted by molar-refractivity contribution is 5.71. The SMILES string of the molecule is CC/C=C\C/C=C\C/C=C\C/C=C\CCCCC(=O)OC[C@@H](COC(=O)CCCCCCCCCCCCC)OC(=O)CCCCCCC/C=C\CCCCC. The quantitative estimate of drug-likeness (QED) is 0.0266. The molecule has 0 amide bonds. The maximum absolute atomic E-state index is 12.7. The third-order valence-corrected chi connectivity index (χ3v) is 9.76. The molecule has 6 heteroatoms. The molecular weight excluding hydrogens is 697 g/mol. The van der Waals surface area contributed by atoms with Crippen molar-refractivity contribution < 1.29 is 28.6 Å². The number of hydrogen-bond donors (Lipinski definition) is 0. The van der Waals surface area contributed by atoms with Crippen molar-refractivity contribution in [2.24, 2.45) is 0 Å². The molecule has 0 saturated heterocycles. The summed E-state index contributed by atoms with van der Waals surface area (Å²) in [6, 6.07) is 0. The zero-order chi connectivity index (χ0) is 40.8. The Morgan fingerprint density at radius 1 is 0.375 bits per heavy atom. The van der Waals surface area contributed by atoms with Gasteiger partial charge in [-0.05, 0) is 83.5 Å². The Morgan fingerprint density at radius 3 is 1.18 bits per heavy atom. The summed E-state index contributed by atoms with van der Waals surface area (Å²) in [5.41, 5.74) is 0. The van der Waals surface area contributed by atoms with Gasteiger partial charge in [-0.1, -0.05) is 178 Å². The molecule has 56 heavy (non-hydrogen) atoms. The van der Waals surface area contributed by atoms with Crippen LogP contribution < -0.4 is 0 Å². The Hall–Kier alpha value is -2.89. The van der Waals surface area contributed by atoms with Gasteiger partial charge in [0.25, 0.3) is 0 Å². The average molecular weight is 783 g/mol. The number of hydrogen-bond acceptors (Lipinski definition) is 6. The molecule has 0 aliphatic carbocycles. The van der Waals surface area contributed by atoms with Gasteiger partial charge in [-0.25, -0.2) is 0 Å². The summed E-state index contributed by atoms with van der Waals surface area (Å²) in [7, 11) is 0. The second-order valence-electron chi connectivity index (χ2n) is 15.3. The van der Waals surface area contributed by atoms with Gasteiger partial charge in [-0.2, -0.15) is 0 Å². The van der Waals surface area contributed by atoms with Gasteiger partial charge in [0.15, 0.2) is 6.10 Å². The Labute approximate surface area is 345 Å². The highest BCUT2D eigenvalue weighted by atomic mass is 16.6. The zero-order valence-electron chi connectivity index (χ0n) is 36.6. The first-order valence-electron chi connectivity index (χ1n) is 23.3. The van der Waals surface area contributed by atoms with Crippen LogP contribution in [0.1, 0.15) is 220 Å². The van der Waals surface area contributed by atoms with E-state index in [1.165, 1.54) is 83.5 Å². The molecule has 0 aromatic rings. The number of ether oxygens (including phenoxy) is 3. The summed E-state index contributed by atoms with van der Waals surface area (Å²) in [4.78, 5) is 37.7. The number of esters is 3. The van der Waals surface area contributed by atoms with Crippen LogP contribution in [-0.4, -0.2) is 37.2 Å². The molecule has 0 fully saturated rings. The number of carbonyl (C=O) groups excluding carboxylic acids is 3. The maximum atomic E-state index is 12.7. The second-order valence-corrected chi connectivity index (χ2v) is 15.3. The first kappa shape index (κ1) is 53.1. The molecule has 1 atom stereocenters. The van der Waals surface area contributed by atoms with Gasteiger partial charge in [0.05, 0.1) is 0 Å². The highest BCUT2D eigenvalue weighted by Crippen LogP contribution is 2.14.